The van der Waals surface area contributed by atoms with E-state index in [-0.39, 0.29) is 95.3 Å². The number of halogens is 1. The minimum Gasteiger partial charge on any atom is -0.495 e. The van der Waals surface area contributed by atoms with Gasteiger partial charge in [0.2, 0.25) is 29.5 Å². The topological polar surface area (TPSA) is 372 Å². The van der Waals surface area contributed by atoms with Crippen molar-refractivity contribution in [3.8, 4) is 5.75 Å². The minimum atomic E-state index is -1.24. The number of nitrogens with zero attached hydrogens (tertiary/aromatic N) is 4. The molecule has 30 heteroatoms. The number of epoxide rings is 1. The fourth-order valence-corrected chi connectivity index (χ4v) is 11.0. The Morgan fingerprint density at radius 2 is 1.59 bits per heavy atom. The number of carbonyl (C=O) groups excluding carboxylic acids is 12. The Morgan fingerprint density at radius 1 is 0.894 bits per heavy atom. The summed E-state index contributed by atoms with van der Waals surface area (Å²) in [6, 6.07) is 5.19. The number of imide groups is 1. The second-order valence-corrected chi connectivity index (χ2v) is 24.5. The molecule has 4 aliphatic rings. The first-order valence-electron chi connectivity index (χ1n) is 31.1. The molecule has 6 rings (SSSR count). The fourth-order valence-electron chi connectivity index (χ4n) is 10.7. The molecule has 9 atom stereocenters. The van der Waals surface area contributed by atoms with Gasteiger partial charge in [-0.15, -0.1) is 5.06 Å². The Balaban J connectivity index is 1.01. The molecule has 0 radical (unpaired) electrons. The average molecular weight is 1340 g/mol. The molecule has 29 nitrogen and oxygen atoms in total. The predicted octanol–water partition coefficient (Wildman–Crippen LogP) is 4.79. The number of unbranched alkanes of at least 4 members (excludes halogenated alkanes) is 1. The number of nitrogens with one attached hydrogen (secondary N) is 5. The zero-order valence-corrected chi connectivity index (χ0v) is 55.5. The van der Waals surface area contributed by atoms with Gasteiger partial charge in [0.05, 0.1) is 37.5 Å². The number of anilines is 2. The van der Waals surface area contributed by atoms with Crippen LogP contribution in [-0.4, -0.2) is 189 Å². The van der Waals surface area contributed by atoms with E-state index in [2.05, 4.69) is 26.6 Å². The first-order valence-corrected chi connectivity index (χ1v) is 31.5. The van der Waals surface area contributed by atoms with Crippen LogP contribution in [0, 0.1) is 5.92 Å². The second kappa shape index (κ2) is 34.4. The SMILES string of the molecule is COc1cc2cc(c1Cl)N(C)C(=O)C[C@H](OC(=O)[C@H](C)N(C)C(=O)CCN(C)C(=O)OCc1ccc(NC(=O)[C@H](CCCNC(N)=O)NC(=O)[C@@H](NC(=O)CCCCC(=O)ON3C(=O)CCC3=O)C(C)C)cc1)[C@]1(C)O[C@H]1C[C@@H]1CC(NC(=O)O1)[C@H](OC)/C=C/C=C(\C)C2. The maximum absolute atomic E-state index is 14.4. The van der Waals surface area contributed by atoms with E-state index < -0.39 is 132 Å². The number of ether oxygens (including phenoxy) is 6. The molecule has 11 amide bonds. The summed E-state index contributed by atoms with van der Waals surface area (Å²) in [7, 11) is 7.39. The molecule has 0 saturated carbocycles. The Labute approximate surface area is 550 Å². The van der Waals surface area contributed by atoms with Gasteiger partial charge in [0.25, 0.3) is 11.8 Å². The average Bonchev–Trinajstić information content (AvgIpc) is 1.58. The molecule has 2 aromatic carbocycles. The molecule has 4 bridgehead atoms. The number of primary amides is 1. The summed E-state index contributed by atoms with van der Waals surface area (Å²) in [6.45, 7) is 8.27. The number of hydrogen-bond acceptors (Lipinski definition) is 19. The number of amides is 11. The molecule has 2 aromatic rings. The number of hydrogen-bond donors (Lipinski definition) is 6. The van der Waals surface area contributed by atoms with Gasteiger partial charge in [0.1, 0.15) is 53.3 Å². The molecule has 3 fully saturated rings. The maximum atomic E-state index is 14.4. The normalized spacial score (nSPS) is 22.3. The van der Waals surface area contributed by atoms with Crippen LogP contribution in [0.3, 0.4) is 0 Å². The Morgan fingerprint density at radius 3 is 2.24 bits per heavy atom. The van der Waals surface area contributed by atoms with Crippen molar-refractivity contribution >= 4 is 94.5 Å². The number of likely N-dealkylation sites (N-methyl/N-ethyl adjacent to an activating group) is 1. The van der Waals surface area contributed by atoms with Gasteiger partial charge < -0.3 is 80.3 Å². The van der Waals surface area contributed by atoms with Crippen LogP contribution >= 0.6 is 11.6 Å². The van der Waals surface area contributed by atoms with E-state index in [9.17, 15) is 57.5 Å². The van der Waals surface area contributed by atoms with Crippen LogP contribution in [0.4, 0.5) is 25.8 Å². The van der Waals surface area contributed by atoms with Gasteiger partial charge in [0.15, 0.2) is 0 Å². The molecule has 4 heterocycles. The van der Waals surface area contributed by atoms with Crippen LogP contribution in [0.25, 0.3) is 0 Å². The number of fused-ring (bicyclic) bond motifs is 5. The number of methoxy groups -OCH3 is 2. The predicted molar refractivity (Wildman–Crippen MR) is 339 cm³/mol. The van der Waals surface area contributed by atoms with E-state index in [0.29, 0.717) is 40.6 Å². The van der Waals surface area contributed by atoms with Crippen LogP contribution in [0.5, 0.6) is 5.75 Å². The maximum Gasteiger partial charge on any atom is 0.409 e. The van der Waals surface area contributed by atoms with Gasteiger partial charge in [-0.1, -0.05) is 61.4 Å². The molecule has 514 valence electrons. The van der Waals surface area contributed by atoms with E-state index >= 15 is 0 Å². The van der Waals surface area contributed by atoms with E-state index in [4.69, 9.17) is 50.6 Å². The molecular formula is C64H87ClN10O19. The molecule has 0 aromatic heterocycles. The van der Waals surface area contributed by atoms with Crippen molar-refractivity contribution < 1.29 is 90.8 Å². The number of rotatable bonds is 26. The number of allylic oxidation sites excluding steroid dienone is 3. The van der Waals surface area contributed by atoms with Crippen LogP contribution < -0.4 is 42.0 Å². The molecular weight excluding hydrogens is 1250 g/mol. The summed E-state index contributed by atoms with van der Waals surface area (Å²) >= 11 is 6.83. The van der Waals surface area contributed by atoms with Crippen molar-refractivity contribution in [1.29, 1.82) is 0 Å². The summed E-state index contributed by atoms with van der Waals surface area (Å²) < 4.78 is 35.0. The van der Waals surface area contributed by atoms with Gasteiger partial charge in [-0.3, -0.25) is 33.6 Å². The summed E-state index contributed by atoms with van der Waals surface area (Å²) in [5.74, 6) is -5.77. The van der Waals surface area contributed by atoms with E-state index in [1.54, 1.807) is 71.3 Å². The number of carbonyl (C=O) groups is 12. The highest BCUT2D eigenvalue weighted by atomic mass is 35.5. The lowest BCUT2D eigenvalue weighted by Gasteiger charge is -2.33. The van der Waals surface area contributed by atoms with Crippen molar-refractivity contribution in [3.05, 3.63) is 76.3 Å². The van der Waals surface area contributed by atoms with Crippen molar-refractivity contribution in [2.45, 2.75) is 179 Å². The van der Waals surface area contributed by atoms with Crippen LogP contribution in [0.2, 0.25) is 5.02 Å². The van der Waals surface area contributed by atoms with E-state index in [1.165, 1.54) is 42.8 Å². The van der Waals surface area contributed by atoms with Crippen LogP contribution in [-0.2, 0) is 84.7 Å². The first-order chi connectivity index (χ1) is 44.5. The van der Waals surface area contributed by atoms with Crippen molar-refractivity contribution in [2.75, 3.05) is 58.7 Å². The van der Waals surface area contributed by atoms with Gasteiger partial charge >= 0.3 is 30.2 Å². The standard InChI is InChI=1S/C64H87ClN10O19/c1-36(2)57(71-50(76)18-11-12-19-55(81)94-75-52(78)24-25-53(75)79)59(83)69-43(16-14-27-67-61(66)85)58(82)68-41-22-20-39(21-23-41)35-90-63(87)72(6)28-26-51(77)73(7)38(4)60(84)92-48-34-54(80)74(8)45-30-40(31-47(89-10)56(45)65)29-37(3)15-13-17-46(88-9)44-32-42(91-62(86)70-44)33-49-64(48,5)93-49/h13,15,17,20-23,30-31,36,38,42-44,46,48-49,57H,11-12,14,16,18-19,24-29,32-35H2,1-10H3,(H,68,82)(H,69,83)(H,70,86)(H,71,76)(H3,66,67,85)/b17-13+,37-15+/t38-,42-,43-,44?,46+,48-,49-,57-,64-/m0/s1. The molecule has 94 heavy (non-hydrogen) atoms. The number of hydroxylamine groups is 2. The quantitative estimate of drug-likeness (QED) is 0.0242. The van der Waals surface area contributed by atoms with Crippen LogP contribution in [0.1, 0.15) is 123 Å². The molecule has 4 aliphatic heterocycles. The lowest BCUT2D eigenvalue weighted by atomic mass is 9.91. The van der Waals surface area contributed by atoms with Crippen LogP contribution in [0.15, 0.2) is 60.2 Å². The number of benzene rings is 2. The Bertz CT molecular complexity index is 3180. The summed E-state index contributed by atoms with van der Waals surface area (Å²) in [5.41, 5.74) is 6.90. The highest BCUT2D eigenvalue weighted by Gasteiger charge is 2.61. The summed E-state index contributed by atoms with van der Waals surface area (Å²) in [5, 5.41) is 14.0. The molecule has 1 unspecified atom stereocenters. The van der Waals surface area contributed by atoms with Crippen molar-refractivity contribution in [3.63, 3.8) is 0 Å². The van der Waals surface area contributed by atoms with E-state index in [1.807, 2.05) is 25.2 Å². The third-order valence-electron chi connectivity index (χ3n) is 16.6. The molecule has 3 saturated heterocycles. The van der Waals surface area contributed by atoms with Gasteiger partial charge in [0, 0.05) is 92.0 Å². The molecule has 0 spiro atoms. The highest BCUT2D eigenvalue weighted by molar-refractivity contribution is 6.35. The number of nitrogens with two attached hydrogens (primary N) is 1. The Hall–Kier alpha value is -8.83. The largest absolute Gasteiger partial charge is 0.495 e. The lowest BCUT2D eigenvalue weighted by molar-refractivity contribution is -0.197. The van der Waals surface area contributed by atoms with E-state index in [0.717, 1.165) is 11.1 Å². The molecule has 7 N–H and O–H groups in total. The number of urea groups is 1. The fraction of sp³-hybridized carbons (Fsp3) is 0.562. The molecule has 0 aliphatic carbocycles. The summed E-state index contributed by atoms with van der Waals surface area (Å²) in [6.07, 6.45) is 1.99. The van der Waals surface area contributed by atoms with Gasteiger partial charge in [-0.05, 0) is 94.2 Å². The lowest BCUT2D eigenvalue weighted by Crippen LogP contribution is -2.54. The highest BCUT2D eigenvalue weighted by Crippen LogP contribution is 2.46. The minimum absolute atomic E-state index is 0.0466. The van der Waals surface area contributed by atoms with Gasteiger partial charge in [-0.2, -0.15) is 0 Å². The van der Waals surface area contributed by atoms with Gasteiger partial charge in [-0.25, -0.2) is 24.0 Å². The van der Waals surface area contributed by atoms with Crippen molar-refractivity contribution in [1.82, 2.24) is 36.1 Å². The zero-order valence-electron chi connectivity index (χ0n) is 54.7. The smallest absolute Gasteiger partial charge is 0.409 e. The second-order valence-electron chi connectivity index (χ2n) is 24.2. The first kappa shape index (κ1) is 74.2. The Kier molecular flexibility index (Phi) is 27.1. The number of alkyl carbamates (subject to hydrolysis) is 1. The third kappa shape index (κ3) is 21.1. The number of esters is 1. The summed E-state index contributed by atoms with van der Waals surface area (Å²) in [4.78, 5) is 164. The zero-order chi connectivity index (χ0) is 69.1. The third-order valence-corrected chi connectivity index (χ3v) is 17.0. The van der Waals surface area contributed by atoms with Crippen molar-refractivity contribution in [2.24, 2.45) is 11.7 Å². The monoisotopic (exact) mass is 1330 g/mol.